The highest BCUT2D eigenvalue weighted by molar-refractivity contribution is 7.07. The van der Waals surface area contributed by atoms with Gasteiger partial charge in [0.25, 0.3) is 0 Å². The van der Waals surface area contributed by atoms with Crippen molar-refractivity contribution in [3.63, 3.8) is 0 Å². The maximum atomic E-state index is 11.4. The van der Waals surface area contributed by atoms with E-state index in [0.29, 0.717) is 6.04 Å². The number of nitrogens with zero attached hydrogens (tertiary/aromatic N) is 1. The molecule has 1 aliphatic carbocycles. The summed E-state index contributed by atoms with van der Waals surface area (Å²) >= 11 is 1.73. The number of carbonyl (C=O) groups excluding carboxylic acids is 1. The van der Waals surface area contributed by atoms with E-state index in [2.05, 4.69) is 21.7 Å². The largest absolute Gasteiger partial charge is 0.469 e. The number of carbonyl (C=O) groups is 1. The zero-order chi connectivity index (χ0) is 12.3. The summed E-state index contributed by atoms with van der Waals surface area (Å²) in [6.45, 7) is 3.69. The van der Waals surface area contributed by atoms with Crippen molar-refractivity contribution in [3.05, 3.63) is 22.4 Å². The molecule has 0 N–H and O–H groups in total. The number of thiophene rings is 1. The van der Waals surface area contributed by atoms with E-state index in [-0.39, 0.29) is 11.9 Å². The zero-order valence-corrected chi connectivity index (χ0v) is 11.2. The summed E-state index contributed by atoms with van der Waals surface area (Å²) in [5.41, 5.74) is 1.35. The van der Waals surface area contributed by atoms with Gasteiger partial charge < -0.3 is 4.74 Å². The summed E-state index contributed by atoms with van der Waals surface area (Å²) < 4.78 is 4.78. The van der Waals surface area contributed by atoms with Gasteiger partial charge in [0.2, 0.25) is 0 Å². The minimum Gasteiger partial charge on any atom is -0.469 e. The topological polar surface area (TPSA) is 29.5 Å². The molecule has 94 valence electrons. The molecule has 1 aromatic rings. The Morgan fingerprint density at radius 2 is 2.41 bits per heavy atom. The van der Waals surface area contributed by atoms with Crippen molar-refractivity contribution in [2.24, 2.45) is 5.92 Å². The van der Waals surface area contributed by atoms with Crippen LogP contribution in [0.5, 0.6) is 0 Å². The van der Waals surface area contributed by atoms with E-state index in [9.17, 15) is 4.79 Å². The first-order chi connectivity index (χ1) is 8.20. The summed E-state index contributed by atoms with van der Waals surface area (Å²) in [5, 5.41) is 4.28. The summed E-state index contributed by atoms with van der Waals surface area (Å²) in [6.07, 6.45) is 2.52. The fourth-order valence-corrected chi connectivity index (χ4v) is 2.69. The van der Waals surface area contributed by atoms with Gasteiger partial charge >= 0.3 is 5.97 Å². The van der Waals surface area contributed by atoms with Crippen LogP contribution >= 0.6 is 11.3 Å². The molecule has 4 heteroatoms. The minimum absolute atomic E-state index is 0.0424. The van der Waals surface area contributed by atoms with Crippen LogP contribution in [0.3, 0.4) is 0 Å². The summed E-state index contributed by atoms with van der Waals surface area (Å²) in [6, 6.07) is 2.82. The Morgan fingerprint density at radius 1 is 1.65 bits per heavy atom. The van der Waals surface area contributed by atoms with Gasteiger partial charge in [0.1, 0.15) is 0 Å². The van der Waals surface area contributed by atoms with Crippen LogP contribution in [0.4, 0.5) is 0 Å². The molecule has 1 fully saturated rings. The van der Waals surface area contributed by atoms with Gasteiger partial charge in [-0.25, -0.2) is 0 Å². The van der Waals surface area contributed by atoms with Crippen LogP contribution < -0.4 is 0 Å². The Kier molecular flexibility index (Phi) is 4.18. The van der Waals surface area contributed by atoms with Gasteiger partial charge in [-0.15, -0.1) is 0 Å². The standard InChI is InChI=1S/C13H19NO2S/c1-10(13(15)16-2)7-14(12-3-4-12)8-11-5-6-17-9-11/h5-6,9-10,12H,3-4,7-8H2,1-2H3. The highest BCUT2D eigenvalue weighted by Gasteiger charge is 2.31. The Bertz CT molecular complexity index is 360. The van der Waals surface area contributed by atoms with Crippen molar-refractivity contribution in [3.8, 4) is 0 Å². The monoisotopic (exact) mass is 253 g/mol. The average molecular weight is 253 g/mol. The smallest absolute Gasteiger partial charge is 0.309 e. The molecule has 1 unspecified atom stereocenters. The summed E-state index contributed by atoms with van der Waals surface area (Å²) in [7, 11) is 1.46. The predicted molar refractivity (Wildman–Crippen MR) is 68.9 cm³/mol. The molecule has 2 rings (SSSR count). The summed E-state index contributed by atoms with van der Waals surface area (Å²) in [5.74, 6) is -0.153. The van der Waals surface area contributed by atoms with Gasteiger partial charge in [-0.3, -0.25) is 9.69 Å². The molecule has 0 bridgehead atoms. The Hall–Kier alpha value is -0.870. The lowest BCUT2D eigenvalue weighted by Gasteiger charge is -2.24. The van der Waals surface area contributed by atoms with Crippen LogP contribution in [0, 0.1) is 5.92 Å². The third-order valence-electron chi connectivity index (χ3n) is 3.14. The molecule has 0 aliphatic heterocycles. The summed E-state index contributed by atoms with van der Waals surface area (Å²) in [4.78, 5) is 13.9. The molecular weight excluding hydrogens is 234 g/mol. The molecule has 0 spiro atoms. The van der Waals surface area contributed by atoms with E-state index >= 15 is 0 Å². The van der Waals surface area contributed by atoms with Crippen molar-refractivity contribution >= 4 is 17.3 Å². The minimum atomic E-state index is -0.110. The van der Waals surface area contributed by atoms with Gasteiger partial charge in [-0.1, -0.05) is 6.92 Å². The van der Waals surface area contributed by atoms with E-state index in [1.165, 1.54) is 25.5 Å². The van der Waals surface area contributed by atoms with E-state index in [0.717, 1.165) is 13.1 Å². The highest BCUT2D eigenvalue weighted by atomic mass is 32.1. The number of rotatable bonds is 6. The number of hydrogen-bond donors (Lipinski definition) is 0. The quantitative estimate of drug-likeness (QED) is 0.730. The van der Waals surface area contributed by atoms with Crippen molar-refractivity contribution in [2.45, 2.75) is 32.4 Å². The molecule has 3 nitrogen and oxygen atoms in total. The third-order valence-corrected chi connectivity index (χ3v) is 3.87. The van der Waals surface area contributed by atoms with Gasteiger partial charge in [0.15, 0.2) is 0 Å². The molecule has 1 atom stereocenters. The van der Waals surface area contributed by atoms with Crippen LogP contribution in [0.2, 0.25) is 0 Å². The molecule has 0 amide bonds. The van der Waals surface area contributed by atoms with Gasteiger partial charge in [0.05, 0.1) is 13.0 Å². The third kappa shape index (κ3) is 3.54. The zero-order valence-electron chi connectivity index (χ0n) is 10.4. The van der Waals surface area contributed by atoms with Crippen LogP contribution in [0.1, 0.15) is 25.3 Å². The van der Waals surface area contributed by atoms with E-state index in [1.807, 2.05) is 6.92 Å². The second-order valence-corrected chi connectivity index (χ2v) is 5.50. The van der Waals surface area contributed by atoms with E-state index in [1.54, 1.807) is 11.3 Å². The molecule has 1 aromatic heterocycles. The lowest BCUT2D eigenvalue weighted by molar-refractivity contribution is -0.145. The van der Waals surface area contributed by atoms with Crippen molar-refractivity contribution < 1.29 is 9.53 Å². The first kappa shape index (κ1) is 12.6. The number of hydrogen-bond acceptors (Lipinski definition) is 4. The second-order valence-electron chi connectivity index (χ2n) is 4.72. The molecule has 0 saturated heterocycles. The molecule has 0 radical (unpaired) electrons. The predicted octanol–water partition coefficient (Wildman–Crippen LogP) is 2.52. The fraction of sp³-hybridized carbons (Fsp3) is 0.615. The van der Waals surface area contributed by atoms with Crippen molar-refractivity contribution in [2.75, 3.05) is 13.7 Å². The fourth-order valence-electron chi connectivity index (χ4n) is 2.03. The van der Waals surface area contributed by atoms with Crippen LogP contribution in [0.15, 0.2) is 16.8 Å². The van der Waals surface area contributed by atoms with E-state index < -0.39 is 0 Å². The lowest BCUT2D eigenvalue weighted by Crippen LogP contribution is -2.33. The maximum absolute atomic E-state index is 11.4. The Morgan fingerprint density at radius 3 is 2.94 bits per heavy atom. The molecular formula is C13H19NO2S. The first-order valence-electron chi connectivity index (χ1n) is 6.03. The Labute approximate surface area is 106 Å². The van der Waals surface area contributed by atoms with E-state index in [4.69, 9.17) is 4.74 Å². The highest BCUT2D eigenvalue weighted by Crippen LogP contribution is 2.29. The van der Waals surface area contributed by atoms with Crippen LogP contribution in [-0.4, -0.2) is 30.6 Å². The SMILES string of the molecule is COC(=O)C(C)CN(Cc1ccsc1)C1CC1. The maximum Gasteiger partial charge on any atom is 0.309 e. The average Bonchev–Trinajstić information content (AvgIpc) is 3.06. The lowest BCUT2D eigenvalue weighted by atomic mass is 10.1. The number of methoxy groups -OCH3 is 1. The molecule has 1 heterocycles. The van der Waals surface area contributed by atoms with Crippen LogP contribution in [0.25, 0.3) is 0 Å². The van der Waals surface area contributed by atoms with Gasteiger partial charge in [0, 0.05) is 19.1 Å². The normalized spacial score (nSPS) is 17.1. The van der Waals surface area contributed by atoms with Gasteiger partial charge in [-0.05, 0) is 35.2 Å². The number of esters is 1. The van der Waals surface area contributed by atoms with Crippen molar-refractivity contribution in [1.82, 2.24) is 4.90 Å². The molecule has 0 aromatic carbocycles. The number of ether oxygens (including phenoxy) is 1. The molecule has 1 saturated carbocycles. The Balaban J connectivity index is 1.91. The molecule has 1 aliphatic rings. The van der Waals surface area contributed by atoms with Crippen molar-refractivity contribution in [1.29, 1.82) is 0 Å². The van der Waals surface area contributed by atoms with Gasteiger partial charge in [-0.2, -0.15) is 11.3 Å². The first-order valence-corrected chi connectivity index (χ1v) is 6.98. The van der Waals surface area contributed by atoms with Crippen LogP contribution in [-0.2, 0) is 16.1 Å². The second kappa shape index (κ2) is 5.65. The molecule has 17 heavy (non-hydrogen) atoms.